The number of sulfonamides is 1. The molecular formula is C18H20ClF2N3O5S. The van der Waals surface area contributed by atoms with Gasteiger partial charge in [0.15, 0.2) is 11.5 Å². The van der Waals surface area contributed by atoms with Crippen LogP contribution in [0, 0.1) is 0 Å². The molecule has 2 N–H and O–H groups in total. The van der Waals surface area contributed by atoms with E-state index < -0.39 is 16.3 Å². The Kier molecular flexibility index (Phi) is 6.16. The first-order valence-electron chi connectivity index (χ1n) is 8.84. The SMILES string of the molecule is COc1ccc(S(=O)(=O)Nc2ccc3c(c2)OC(F)(F)O3)cc1N1CCNCC1.Cl. The summed E-state index contributed by atoms with van der Waals surface area (Å²) in [6.45, 7) is 2.98. The largest absolute Gasteiger partial charge is 0.586 e. The van der Waals surface area contributed by atoms with E-state index in [-0.39, 0.29) is 34.5 Å². The minimum Gasteiger partial charge on any atom is -0.495 e. The van der Waals surface area contributed by atoms with Crippen molar-refractivity contribution in [3.05, 3.63) is 36.4 Å². The van der Waals surface area contributed by atoms with Crippen LogP contribution in [0.15, 0.2) is 41.3 Å². The van der Waals surface area contributed by atoms with Gasteiger partial charge in [0.25, 0.3) is 10.0 Å². The van der Waals surface area contributed by atoms with Gasteiger partial charge in [0, 0.05) is 32.2 Å². The van der Waals surface area contributed by atoms with Crippen molar-refractivity contribution < 1.29 is 31.4 Å². The highest BCUT2D eigenvalue weighted by Crippen LogP contribution is 2.42. The number of nitrogens with zero attached hydrogens (tertiary/aromatic N) is 1. The third-order valence-electron chi connectivity index (χ3n) is 4.57. The van der Waals surface area contributed by atoms with Crippen LogP contribution in [0.1, 0.15) is 0 Å². The van der Waals surface area contributed by atoms with Crippen molar-refractivity contribution in [1.29, 1.82) is 0 Å². The number of methoxy groups -OCH3 is 1. The van der Waals surface area contributed by atoms with E-state index in [0.29, 0.717) is 24.5 Å². The number of anilines is 2. The zero-order valence-corrected chi connectivity index (χ0v) is 17.5. The van der Waals surface area contributed by atoms with Crippen LogP contribution >= 0.6 is 12.4 Å². The topological polar surface area (TPSA) is 89.1 Å². The van der Waals surface area contributed by atoms with E-state index >= 15 is 0 Å². The van der Waals surface area contributed by atoms with E-state index in [1.807, 2.05) is 4.90 Å². The molecule has 0 atom stereocenters. The lowest BCUT2D eigenvalue weighted by Gasteiger charge is -2.30. The molecule has 0 unspecified atom stereocenters. The molecule has 164 valence electrons. The van der Waals surface area contributed by atoms with Gasteiger partial charge in [-0.2, -0.15) is 0 Å². The fraction of sp³-hybridized carbons (Fsp3) is 0.333. The molecule has 12 heteroatoms. The summed E-state index contributed by atoms with van der Waals surface area (Å²) in [4.78, 5) is 2.06. The Balaban J connectivity index is 0.00000256. The maximum absolute atomic E-state index is 13.2. The number of ether oxygens (including phenoxy) is 3. The molecule has 30 heavy (non-hydrogen) atoms. The Morgan fingerprint density at radius 2 is 1.80 bits per heavy atom. The van der Waals surface area contributed by atoms with Crippen LogP contribution in [0.5, 0.6) is 17.2 Å². The van der Waals surface area contributed by atoms with Crippen molar-refractivity contribution in [1.82, 2.24) is 5.32 Å². The molecule has 2 aliphatic heterocycles. The number of halogens is 3. The van der Waals surface area contributed by atoms with Gasteiger partial charge in [-0.3, -0.25) is 4.72 Å². The Morgan fingerprint density at radius 3 is 2.50 bits per heavy atom. The second kappa shape index (κ2) is 8.32. The number of benzene rings is 2. The average Bonchev–Trinajstić information content (AvgIpc) is 3.01. The molecule has 0 spiro atoms. The Labute approximate surface area is 178 Å². The molecule has 0 bridgehead atoms. The summed E-state index contributed by atoms with van der Waals surface area (Å²) in [6, 6.07) is 8.23. The first-order chi connectivity index (χ1) is 13.8. The van der Waals surface area contributed by atoms with Crippen molar-refractivity contribution in [2.24, 2.45) is 0 Å². The normalized spacial score (nSPS) is 17.2. The molecule has 1 saturated heterocycles. The van der Waals surface area contributed by atoms with Crippen molar-refractivity contribution >= 4 is 33.8 Å². The predicted octanol–water partition coefficient (Wildman–Crippen LogP) is 2.65. The molecule has 0 saturated carbocycles. The third kappa shape index (κ3) is 4.47. The van der Waals surface area contributed by atoms with E-state index in [1.54, 1.807) is 6.07 Å². The van der Waals surface area contributed by atoms with E-state index in [2.05, 4.69) is 19.5 Å². The quantitative estimate of drug-likeness (QED) is 0.704. The summed E-state index contributed by atoms with van der Waals surface area (Å²) < 4.78 is 68.5. The highest BCUT2D eigenvalue weighted by molar-refractivity contribution is 7.92. The zero-order valence-electron chi connectivity index (χ0n) is 15.9. The molecule has 2 aromatic rings. The smallest absolute Gasteiger partial charge is 0.495 e. The van der Waals surface area contributed by atoms with Crippen LogP contribution in [0.3, 0.4) is 0 Å². The van der Waals surface area contributed by atoms with Gasteiger partial charge in [0.05, 0.1) is 23.4 Å². The molecule has 2 aliphatic rings. The van der Waals surface area contributed by atoms with Crippen LogP contribution in [0.2, 0.25) is 0 Å². The summed E-state index contributed by atoms with van der Waals surface area (Å²) in [5.74, 6) is 0.158. The molecule has 4 rings (SSSR count). The standard InChI is InChI=1S/C18H19F2N3O5S.ClH/c1-26-15-5-3-13(11-14(15)23-8-6-21-7-9-23)29(24,25)22-12-2-4-16-17(10-12)28-18(19,20)27-16;/h2-5,10-11,21-22H,6-9H2,1H3;1H. The highest BCUT2D eigenvalue weighted by atomic mass is 35.5. The summed E-state index contributed by atoms with van der Waals surface area (Å²) in [5.41, 5.74) is 0.742. The number of hydrogen-bond acceptors (Lipinski definition) is 7. The number of hydrogen-bond donors (Lipinski definition) is 2. The van der Waals surface area contributed by atoms with Crippen LogP contribution in [-0.2, 0) is 10.0 Å². The van der Waals surface area contributed by atoms with Gasteiger partial charge in [-0.05, 0) is 30.3 Å². The average molecular weight is 464 g/mol. The predicted molar refractivity (Wildman–Crippen MR) is 109 cm³/mol. The zero-order chi connectivity index (χ0) is 20.6. The van der Waals surface area contributed by atoms with Gasteiger partial charge in [0.1, 0.15) is 5.75 Å². The summed E-state index contributed by atoms with van der Waals surface area (Å²) >= 11 is 0. The molecule has 0 amide bonds. The van der Waals surface area contributed by atoms with Crippen LogP contribution in [-0.4, -0.2) is 48.0 Å². The van der Waals surface area contributed by atoms with Crippen LogP contribution in [0.4, 0.5) is 20.2 Å². The van der Waals surface area contributed by atoms with Gasteiger partial charge >= 0.3 is 6.29 Å². The molecule has 1 fully saturated rings. The number of nitrogens with one attached hydrogen (secondary N) is 2. The minimum atomic E-state index is -3.98. The summed E-state index contributed by atoms with van der Waals surface area (Å²) in [7, 11) is -2.45. The summed E-state index contributed by atoms with van der Waals surface area (Å²) in [5, 5.41) is 3.24. The number of fused-ring (bicyclic) bond motifs is 1. The van der Waals surface area contributed by atoms with Gasteiger partial charge in [0.2, 0.25) is 0 Å². The van der Waals surface area contributed by atoms with E-state index in [9.17, 15) is 17.2 Å². The molecule has 0 radical (unpaired) electrons. The molecule has 2 aromatic carbocycles. The second-order valence-corrected chi connectivity index (χ2v) is 8.19. The molecule has 0 aliphatic carbocycles. The fourth-order valence-corrected chi connectivity index (χ4v) is 4.29. The molecule has 2 heterocycles. The van der Waals surface area contributed by atoms with Crippen molar-refractivity contribution in [3.8, 4) is 17.2 Å². The molecular weight excluding hydrogens is 444 g/mol. The van der Waals surface area contributed by atoms with Gasteiger partial charge in [-0.15, -0.1) is 21.2 Å². The maximum Gasteiger partial charge on any atom is 0.586 e. The summed E-state index contributed by atoms with van der Waals surface area (Å²) in [6.07, 6.45) is -3.77. The lowest BCUT2D eigenvalue weighted by atomic mass is 10.2. The first-order valence-corrected chi connectivity index (χ1v) is 10.3. The Bertz CT molecular complexity index is 1030. The third-order valence-corrected chi connectivity index (χ3v) is 5.95. The lowest BCUT2D eigenvalue weighted by Crippen LogP contribution is -2.43. The van der Waals surface area contributed by atoms with Gasteiger partial charge in [-0.1, -0.05) is 0 Å². The number of alkyl halides is 2. The van der Waals surface area contributed by atoms with E-state index in [0.717, 1.165) is 19.2 Å². The number of piperazine rings is 1. The second-order valence-electron chi connectivity index (χ2n) is 6.51. The minimum absolute atomic E-state index is 0. The van der Waals surface area contributed by atoms with E-state index in [4.69, 9.17) is 4.74 Å². The Hall–Kier alpha value is -2.50. The highest BCUT2D eigenvalue weighted by Gasteiger charge is 2.43. The lowest BCUT2D eigenvalue weighted by molar-refractivity contribution is -0.286. The van der Waals surface area contributed by atoms with E-state index in [1.165, 1.54) is 31.4 Å². The first kappa shape index (κ1) is 22.2. The number of rotatable bonds is 5. The van der Waals surface area contributed by atoms with Crippen LogP contribution < -0.4 is 29.1 Å². The van der Waals surface area contributed by atoms with Crippen molar-refractivity contribution in [2.45, 2.75) is 11.2 Å². The van der Waals surface area contributed by atoms with Gasteiger partial charge in [-0.25, -0.2) is 8.42 Å². The fourth-order valence-electron chi connectivity index (χ4n) is 3.22. The molecule has 8 nitrogen and oxygen atoms in total. The Morgan fingerprint density at radius 1 is 1.10 bits per heavy atom. The van der Waals surface area contributed by atoms with Crippen molar-refractivity contribution in [2.75, 3.05) is 42.9 Å². The van der Waals surface area contributed by atoms with Crippen LogP contribution in [0.25, 0.3) is 0 Å². The van der Waals surface area contributed by atoms with Crippen molar-refractivity contribution in [3.63, 3.8) is 0 Å². The molecule has 0 aromatic heterocycles. The van der Waals surface area contributed by atoms with Gasteiger partial charge < -0.3 is 24.4 Å². The maximum atomic E-state index is 13.2. The monoisotopic (exact) mass is 463 g/mol.